The van der Waals surface area contributed by atoms with Gasteiger partial charge in [0.15, 0.2) is 0 Å². The van der Waals surface area contributed by atoms with Crippen LogP contribution in [0.5, 0.6) is 0 Å². The van der Waals surface area contributed by atoms with Crippen LogP contribution in [0.2, 0.25) is 0 Å². The third-order valence-corrected chi connectivity index (χ3v) is 4.13. The number of likely N-dealkylation sites (tertiary alicyclic amines) is 1. The molecule has 1 amide bonds. The number of nitrogens with zero attached hydrogens (tertiary/aromatic N) is 2. The minimum absolute atomic E-state index is 0.00620. The molecule has 1 aliphatic rings. The third kappa shape index (κ3) is 2.90. The number of carbonyl (C=O) groups is 1. The van der Waals surface area contributed by atoms with Crippen LogP contribution in [0.1, 0.15) is 41.6 Å². The highest BCUT2D eigenvalue weighted by atomic mass is 16.2. The minimum Gasteiger partial charge on any atom is -0.332 e. The third-order valence-electron chi connectivity index (χ3n) is 4.13. The maximum atomic E-state index is 12.8. The summed E-state index contributed by atoms with van der Waals surface area (Å²) in [6.07, 6.45) is 7.24. The number of rotatable bonds is 5. The molecule has 0 bridgehead atoms. The topological polar surface area (TPSA) is 44.1 Å². The van der Waals surface area contributed by atoms with Gasteiger partial charge in [-0.25, -0.2) is 0 Å². The summed E-state index contributed by atoms with van der Waals surface area (Å²) in [5, 5.41) is 8.98. The Morgan fingerprint density at radius 1 is 1.38 bits per heavy atom. The van der Waals surface area contributed by atoms with E-state index in [2.05, 4.69) is 19.2 Å². The number of benzene rings is 1. The number of nitriles is 1. The quantitative estimate of drug-likeness (QED) is 0.772. The molecule has 108 valence electrons. The van der Waals surface area contributed by atoms with Gasteiger partial charge in [0.1, 0.15) is 0 Å². The van der Waals surface area contributed by atoms with E-state index in [1.54, 1.807) is 24.3 Å². The van der Waals surface area contributed by atoms with Crippen molar-refractivity contribution < 1.29 is 4.79 Å². The van der Waals surface area contributed by atoms with Crippen molar-refractivity contribution in [1.82, 2.24) is 4.90 Å². The summed E-state index contributed by atoms with van der Waals surface area (Å²) in [5.74, 6) is -0.00620. The summed E-state index contributed by atoms with van der Waals surface area (Å²) in [7, 11) is 0. The van der Waals surface area contributed by atoms with E-state index in [0.717, 1.165) is 32.2 Å². The average Bonchev–Trinajstić information content (AvgIpc) is 2.91. The zero-order valence-corrected chi connectivity index (χ0v) is 12.2. The Bertz CT molecular complexity index is 587. The van der Waals surface area contributed by atoms with E-state index in [9.17, 15) is 4.79 Å². The Morgan fingerprint density at radius 3 is 2.71 bits per heavy atom. The van der Waals surface area contributed by atoms with Crippen LogP contribution in [0.25, 0.3) is 0 Å². The molecule has 0 atom stereocenters. The largest absolute Gasteiger partial charge is 0.332 e. The summed E-state index contributed by atoms with van der Waals surface area (Å²) in [5.41, 5.74) is 0.884. The van der Waals surface area contributed by atoms with Gasteiger partial charge in [-0.3, -0.25) is 4.79 Å². The fourth-order valence-electron chi connectivity index (χ4n) is 3.18. The molecule has 1 saturated heterocycles. The van der Waals surface area contributed by atoms with Crippen LogP contribution in [0, 0.1) is 11.3 Å². The van der Waals surface area contributed by atoms with Crippen LogP contribution < -0.4 is 0 Å². The molecule has 21 heavy (non-hydrogen) atoms. The zero-order chi connectivity index (χ0) is 15.3. The van der Waals surface area contributed by atoms with Crippen LogP contribution in [-0.2, 0) is 0 Å². The van der Waals surface area contributed by atoms with Gasteiger partial charge in [0, 0.05) is 12.1 Å². The van der Waals surface area contributed by atoms with Gasteiger partial charge in [-0.1, -0.05) is 18.2 Å². The van der Waals surface area contributed by atoms with Crippen molar-refractivity contribution in [3.8, 4) is 6.07 Å². The van der Waals surface area contributed by atoms with Gasteiger partial charge < -0.3 is 4.90 Å². The number of hydrogen-bond acceptors (Lipinski definition) is 2. The Morgan fingerprint density at radius 2 is 2.10 bits per heavy atom. The van der Waals surface area contributed by atoms with Gasteiger partial charge in [0.25, 0.3) is 5.91 Å². The van der Waals surface area contributed by atoms with E-state index in [4.69, 9.17) is 5.26 Å². The second-order valence-electron chi connectivity index (χ2n) is 5.46. The second kappa shape index (κ2) is 6.41. The SMILES string of the molecule is C=CCC1(CC=C)CCCN1C(=O)c1cccc(C#N)c1. The molecule has 1 aromatic carbocycles. The molecule has 1 aliphatic heterocycles. The second-order valence-corrected chi connectivity index (χ2v) is 5.46. The normalized spacial score (nSPS) is 16.2. The lowest BCUT2D eigenvalue weighted by atomic mass is 9.87. The molecule has 2 rings (SSSR count). The molecular weight excluding hydrogens is 260 g/mol. The number of amides is 1. The van der Waals surface area contributed by atoms with Crippen LogP contribution in [0.4, 0.5) is 0 Å². The van der Waals surface area contributed by atoms with Gasteiger partial charge in [-0.2, -0.15) is 5.26 Å². The molecule has 3 nitrogen and oxygen atoms in total. The van der Waals surface area contributed by atoms with Crippen molar-refractivity contribution >= 4 is 5.91 Å². The van der Waals surface area contributed by atoms with Crippen LogP contribution in [-0.4, -0.2) is 22.9 Å². The monoisotopic (exact) mass is 280 g/mol. The van der Waals surface area contributed by atoms with E-state index in [-0.39, 0.29) is 11.4 Å². The van der Waals surface area contributed by atoms with Crippen molar-refractivity contribution in [2.24, 2.45) is 0 Å². The predicted molar refractivity (Wildman–Crippen MR) is 83.8 cm³/mol. The highest BCUT2D eigenvalue weighted by molar-refractivity contribution is 5.95. The van der Waals surface area contributed by atoms with E-state index in [1.165, 1.54) is 0 Å². The molecular formula is C18H20N2O. The molecule has 0 saturated carbocycles. The first kappa shape index (κ1) is 15.1. The van der Waals surface area contributed by atoms with Crippen molar-refractivity contribution in [2.75, 3.05) is 6.54 Å². The van der Waals surface area contributed by atoms with Crippen molar-refractivity contribution in [2.45, 2.75) is 31.2 Å². The Hall–Kier alpha value is -2.34. The lowest BCUT2D eigenvalue weighted by Gasteiger charge is -2.37. The van der Waals surface area contributed by atoms with Crippen LogP contribution >= 0.6 is 0 Å². The molecule has 1 heterocycles. The van der Waals surface area contributed by atoms with Crippen molar-refractivity contribution in [3.63, 3.8) is 0 Å². The lowest BCUT2D eigenvalue weighted by Crippen LogP contribution is -2.46. The van der Waals surface area contributed by atoms with Crippen molar-refractivity contribution in [1.29, 1.82) is 5.26 Å². The summed E-state index contributed by atoms with van der Waals surface area (Å²) in [6.45, 7) is 8.41. The Labute approximate surface area is 126 Å². The Kier molecular flexibility index (Phi) is 4.59. The summed E-state index contributed by atoms with van der Waals surface area (Å²) < 4.78 is 0. The molecule has 0 N–H and O–H groups in total. The van der Waals surface area contributed by atoms with Gasteiger partial charge in [-0.05, 0) is 43.9 Å². The maximum Gasteiger partial charge on any atom is 0.254 e. The van der Waals surface area contributed by atoms with E-state index < -0.39 is 0 Å². The minimum atomic E-state index is -0.205. The smallest absolute Gasteiger partial charge is 0.254 e. The number of hydrogen-bond donors (Lipinski definition) is 0. The van der Waals surface area contributed by atoms with Crippen molar-refractivity contribution in [3.05, 3.63) is 60.7 Å². The van der Waals surface area contributed by atoms with Crippen LogP contribution in [0.3, 0.4) is 0 Å². The fraction of sp³-hybridized carbons (Fsp3) is 0.333. The standard InChI is InChI=1S/C18H20N2O/c1-3-9-18(10-4-2)11-6-12-20(18)17(21)16-8-5-7-15(13-16)14-19/h3-5,7-8,13H,1-2,6,9-12H2. The molecule has 3 heteroatoms. The zero-order valence-electron chi connectivity index (χ0n) is 12.2. The Balaban J connectivity index is 2.33. The molecule has 0 spiro atoms. The number of carbonyl (C=O) groups excluding carboxylic acids is 1. The average molecular weight is 280 g/mol. The van der Waals surface area contributed by atoms with Gasteiger partial charge in [0.2, 0.25) is 0 Å². The molecule has 1 aromatic rings. The highest BCUT2D eigenvalue weighted by Gasteiger charge is 2.41. The van der Waals surface area contributed by atoms with Gasteiger partial charge >= 0.3 is 0 Å². The van der Waals surface area contributed by atoms with Gasteiger partial charge in [0.05, 0.1) is 17.2 Å². The molecule has 0 unspecified atom stereocenters. The predicted octanol–water partition coefficient (Wildman–Crippen LogP) is 3.69. The lowest BCUT2D eigenvalue weighted by molar-refractivity contribution is 0.0601. The van der Waals surface area contributed by atoms with Crippen LogP contribution in [0.15, 0.2) is 49.6 Å². The van der Waals surface area contributed by atoms with E-state index in [1.807, 2.05) is 17.1 Å². The summed E-state index contributed by atoms with van der Waals surface area (Å²) in [6, 6.07) is 8.98. The molecule has 0 aliphatic carbocycles. The first-order valence-corrected chi connectivity index (χ1v) is 7.21. The fourth-order valence-corrected chi connectivity index (χ4v) is 3.18. The molecule has 0 radical (unpaired) electrons. The first-order valence-electron chi connectivity index (χ1n) is 7.21. The molecule has 0 aromatic heterocycles. The first-order chi connectivity index (χ1) is 10.2. The van der Waals surface area contributed by atoms with E-state index >= 15 is 0 Å². The molecule has 1 fully saturated rings. The highest BCUT2D eigenvalue weighted by Crippen LogP contribution is 2.37. The summed E-state index contributed by atoms with van der Waals surface area (Å²) >= 11 is 0. The summed E-state index contributed by atoms with van der Waals surface area (Å²) in [4.78, 5) is 14.8. The maximum absolute atomic E-state index is 12.8. The van der Waals surface area contributed by atoms with E-state index in [0.29, 0.717) is 11.1 Å². The van der Waals surface area contributed by atoms with Gasteiger partial charge in [-0.15, -0.1) is 13.2 Å².